The van der Waals surface area contributed by atoms with Gasteiger partial charge in [-0.3, -0.25) is 10.1 Å². The Morgan fingerprint density at radius 3 is 3.00 bits per heavy atom. The number of carboxylic acids is 1. The van der Waals surface area contributed by atoms with Crippen LogP contribution in [0.1, 0.15) is 36.5 Å². The van der Waals surface area contributed by atoms with E-state index in [-0.39, 0.29) is 23.1 Å². The number of nitro groups is 1. The van der Waals surface area contributed by atoms with Crippen molar-refractivity contribution in [1.29, 1.82) is 0 Å². The van der Waals surface area contributed by atoms with E-state index in [4.69, 9.17) is 5.11 Å². The topological polar surface area (TPSA) is 105 Å². The summed E-state index contributed by atoms with van der Waals surface area (Å²) in [5.41, 5.74) is -0.472. The first-order valence-corrected chi connectivity index (χ1v) is 6.17. The monoisotopic (exact) mass is 265 g/mol. The van der Waals surface area contributed by atoms with Gasteiger partial charge >= 0.3 is 5.97 Å². The summed E-state index contributed by atoms with van der Waals surface area (Å²) in [7, 11) is 0. The van der Waals surface area contributed by atoms with Crippen LogP contribution in [0.2, 0.25) is 0 Å². The average molecular weight is 265 g/mol. The van der Waals surface area contributed by atoms with Gasteiger partial charge in [-0.2, -0.15) is 0 Å². The zero-order chi connectivity index (χ0) is 14.0. The summed E-state index contributed by atoms with van der Waals surface area (Å²) in [5.74, 6) is -0.461. The Kier molecular flexibility index (Phi) is 3.64. The van der Waals surface area contributed by atoms with Crippen LogP contribution in [0.4, 0.5) is 11.5 Å². The molecule has 1 aromatic rings. The molecule has 0 bridgehead atoms. The normalized spacial score (nSPS) is 20.9. The Hall–Kier alpha value is -2.18. The molecule has 0 saturated heterocycles. The number of nitrogens with zero attached hydrogens (tertiary/aromatic N) is 2. The minimum Gasteiger partial charge on any atom is -0.478 e. The van der Waals surface area contributed by atoms with Crippen molar-refractivity contribution in [1.82, 2.24) is 4.98 Å². The van der Waals surface area contributed by atoms with Crippen LogP contribution in [0.3, 0.4) is 0 Å². The Morgan fingerprint density at radius 2 is 2.42 bits per heavy atom. The lowest BCUT2D eigenvalue weighted by atomic mass is 10.2. The molecule has 7 nitrogen and oxygen atoms in total. The number of nitrogens with one attached hydrogen (secondary N) is 1. The summed E-state index contributed by atoms with van der Waals surface area (Å²) in [4.78, 5) is 24.9. The summed E-state index contributed by atoms with van der Waals surface area (Å²) in [6, 6.07) is 1.27. The summed E-state index contributed by atoms with van der Waals surface area (Å²) in [5, 5.41) is 22.7. The lowest BCUT2D eigenvalue weighted by molar-refractivity contribution is -0.385. The standard InChI is InChI=1S/C12H15N3O4/c1-2-3-7-4-10(7)14-11-9(12(16)17)5-8(6-13-11)15(18)19/h5-7,10H,2-4H2,1H3,(H,13,14)(H,16,17). The molecule has 2 rings (SSSR count). The quantitative estimate of drug-likeness (QED) is 0.603. The number of aromatic carboxylic acids is 1. The van der Waals surface area contributed by atoms with E-state index in [1.54, 1.807) is 0 Å². The third-order valence-electron chi connectivity index (χ3n) is 3.22. The maximum atomic E-state index is 11.1. The van der Waals surface area contributed by atoms with Crippen molar-refractivity contribution in [2.24, 2.45) is 5.92 Å². The first-order valence-electron chi connectivity index (χ1n) is 6.17. The van der Waals surface area contributed by atoms with E-state index < -0.39 is 10.9 Å². The summed E-state index contributed by atoms with van der Waals surface area (Å²) < 4.78 is 0. The van der Waals surface area contributed by atoms with Gasteiger partial charge in [0, 0.05) is 12.1 Å². The van der Waals surface area contributed by atoms with E-state index in [0.717, 1.165) is 31.5 Å². The van der Waals surface area contributed by atoms with Crippen LogP contribution < -0.4 is 5.32 Å². The molecule has 2 unspecified atom stereocenters. The molecule has 1 saturated carbocycles. The molecule has 0 radical (unpaired) electrons. The van der Waals surface area contributed by atoms with Crippen molar-refractivity contribution in [2.75, 3.05) is 5.32 Å². The average Bonchev–Trinajstić information content (AvgIpc) is 3.07. The van der Waals surface area contributed by atoms with Crippen LogP contribution in [-0.4, -0.2) is 27.0 Å². The van der Waals surface area contributed by atoms with Crippen LogP contribution in [0, 0.1) is 16.0 Å². The molecule has 1 aromatic heterocycles. The number of aromatic nitrogens is 1. The third kappa shape index (κ3) is 2.98. The first kappa shape index (κ1) is 13.3. The second kappa shape index (κ2) is 5.21. The summed E-state index contributed by atoms with van der Waals surface area (Å²) >= 11 is 0. The van der Waals surface area contributed by atoms with Crippen LogP contribution in [0.5, 0.6) is 0 Å². The minimum absolute atomic E-state index is 0.156. The van der Waals surface area contributed by atoms with E-state index in [0.29, 0.717) is 5.92 Å². The fourth-order valence-electron chi connectivity index (χ4n) is 2.12. The predicted octanol–water partition coefficient (Wildman–Crippen LogP) is 2.29. The second-order valence-corrected chi connectivity index (χ2v) is 4.69. The second-order valence-electron chi connectivity index (χ2n) is 4.69. The Bertz CT molecular complexity index is 518. The van der Waals surface area contributed by atoms with E-state index >= 15 is 0 Å². The zero-order valence-corrected chi connectivity index (χ0v) is 10.5. The molecular formula is C12H15N3O4. The number of anilines is 1. The number of hydrogen-bond donors (Lipinski definition) is 2. The fourth-order valence-corrected chi connectivity index (χ4v) is 2.12. The van der Waals surface area contributed by atoms with Crippen LogP contribution in [0.25, 0.3) is 0 Å². The zero-order valence-electron chi connectivity index (χ0n) is 10.5. The molecular weight excluding hydrogens is 250 g/mol. The van der Waals surface area contributed by atoms with Crippen molar-refractivity contribution < 1.29 is 14.8 Å². The van der Waals surface area contributed by atoms with E-state index in [1.807, 2.05) is 0 Å². The Labute approximate surface area is 109 Å². The number of carboxylic acid groups (broad SMARTS) is 1. The molecule has 2 N–H and O–H groups in total. The predicted molar refractivity (Wildman–Crippen MR) is 68.3 cm³/mol. The molecule has 2 atom stereocenters. The largest absolute Gasteiger partial charge is 0.478 e. The van der Waals surface area contributed by atoms with Gasteiger partial charge in [-0.25, -0.2) is 9.78 Å². The first-order chi connectivity index (χ1) is 9.02. The highest BCUT2D eigenvalue weighted by atomic mass is 16.6. The van der Waals surface area contributed by atoms with Gasteiger partial charge in [-0.1, -0.05) is 13.3 Å². The van der Waals surface area contributed by atoms with E-state index in [2.05, 4.69) is 17.2 Å². The highest BCUT2D eigenvalue weighted by Crippen LogP contribution is 2.37. The van der Waals surface area contributed by atoms with E-state index in [9.17, 15) is 14.9 Å². The minimum atomic E-state index is -1.22. The van der Waals surface area contributed by atoms with Crippen LogP contribution in [-0.2, 0) is 0 Å². The maximum Gasteiger partial charge on any atom is 0.339 e. The third-order valence-corrected chi connectivity index (χ3v) is 3.22. The highest BCUT2D eigenvalue weighted by Gasteiger charge is 2.37. The van der Waals surface area contributed by atoms with Gasteiger partial charge in [0.15, 0.2) is 0 Å². The number of pyridine rings is 1. The molecule has 1 aliphatic carbocycles. The summed E-state index contributed by atoms with van der Waals surface area (Å²) in [6.07, 6.45) is 4.24. The van der Waals surface area contributed by atoms with Crippen LogP contribution in [0.15, 0.2) is 12.3 Å². The van der Waals surface area contributed by atoms with Gasteiger partial charge in [-0.05, 0) is 18.8 Å². The highest BCUT2D eigenvalue weighted by molar-refractivity contribution is 5.93. The van der Waals surface area contributed by atoms with Gasteiger partial charge in [0.25, 0.3) is 5.69 Å². The van der Waals surface area contributed by atoms with Crippen molar-refractivity contribution >= 4 is 17.5 Å². The molecule has 102 valence electrons. The van der Waals surface area contributed by atoms with Gasteiger partial charge < -0.3 is 10.4 Å². The van der Waals surface area contributed by atoms with Gasteiger partial charge in [-0.15, -0.1) is 0 Å². The Balaban J connectivity index is 2.16. The lowest BCUT2D eigenvalue weighted by Gasteiger charge is -2.07. The smallest absolute Gasteiger partial charge is 0.339 e. The van der Waals surface area contributed by atoms with Gasteiger partial charge in [0.05, 0.1) is 4.92 Å². The van der Waals surface area contributed by atoms with Crippen LogP contribution >= 0.6 is 0 Å². The van der Waals surface area contributed by atoms with Gasteiger partial charge in [0.2, 0.25) is 0 Å². The fraction of sp³-hybridized carbons (Fsp3) is 0.500. The number of hydrogen-bond acceptors (Lipinski definition) is 5. The SMILES string of the molecule is CCCC1CC1Nc1ncc([N+](=O)[O-])cc1C(=O)O. The van der Waals surface area contributed by atoms with Crippen molar-refractivity contribution in [3.05, 3.63) is 27.9 Å². The molecule has 19 heavy (non-hydrogen) atoms. The number of rotatable bonds is 6. The van der Waals surface area contributed by atoms with Gasteiger partial charge in [0.1, 0.15) is 17.6 Å². The maximum absolute atomic E-state index is 11.1. The molecule has 1 fully saturated rings. The molecule has 7 heteroatoms. The van der Waals surface area contributed by atoms with Crippen molar-refractivity contribution in [3.63, 3.8) is 0 Å². The molecule has 0 aromatic carbocycles. The summed E-state index contributed by atoms with van der Waals surface area (Å²) in [6.45, 7) is 2.10. The molecule has 0 spiro atoms. The number of carbonyl (C=O) groups is 1. The van der Waals surface area contributed by atoms with Crippen molar-refractivity contribution in [2.45, 2.75) is 32.2 Å². The van der Waals surface area contributed by atoms with Crippen molar-refractivity contribution in [3.8, 4) is 0 Å². The molecule has 1 aliphatic rings. The molecule has 1 heterocycles. The molecule has 0 aliphatic heterocycles. The Morgan fingerprint density at radius 1 is 1.68 bits per heavy atom. The van der Waals surface area contributed by atoms with E-state index in [1.165, 1.54) is 0 Å². The molecule has 0 amide bonds. The lowest BCUT2D eigenvalue weighted by Crippen LogP contribution is -2.12.